The van der Waals surface area contributed by atoms with E-state index in [2.05, 4.69) is 10.3 Å². The van der Waals surface area contributed by atoms with Gasteiger partial charge in [0.2, 0.25) is 5.43 Å². The van der Waals surface area contributed by atoms with E-state index in [0.29, 0.717) is 37.4 Å². The molecule has 0 aliphatic heterocycles. The molecule has 27 heavy (non-hydrogen) atoms. The zero-order valence-electron chi connectivity index (χ0n) is 13.5. The molecule has 1 N–H and O–H groups in total. The molecule has 4 aromatic rings. The molecule has 0 fully saturated rings. The maximum absolute atomic E-state index is 12.5. The van der Waals surface area contributed by atoms with E-state index in [1.807, 2.05) is 0 Å². The van der Waals surface area contributed by atoms with Gasteiger partial charge in [-0.1, -0.05) is 35.3 Å². The highest BCUT2D eigenvalue weighted by atomic mass is 35.5. The molecule has 0 radical (unpaired) electrons. The molecule has 0 bridgehead atoms. The van der Waals surface area contributed by atoms with Crippen molar-refractivity contribution in [3.63, 3.8) is 0 Å². The van der Waals surface area contributed by atoms with Crippen molar-refractivity contribution in [2.24, 2.45) is 0 Å². The fourth-order valence-electron chi connectivity index (χ4n) is 2.55. The van der Waals surface area contributed by atoms with Gasteiger partial charge in [-0.05, 0) is 30.3 Å². The summed E-state index contributed by atoms with van der Waals surface area (Å²) in [5.74, 6) is -0.590. The first kappa shape index (κ1) is 17.7. The quantitative estimate of drug-likeness (QED) is 0.480. The predicted octanol–water partition coefficient (Wildman–Crippen LogP) is 5.48. The lowest BCUT2D eigenvalue weighted by Crippen LogP contribution is -2.21. The van der Waals surface area contributed by atoms with Gasteiger partial charge in [0.15, 0.2) is 5.13 Å². The van der Waals surface area contributed by atoms with E-state index in [9.17, 15) is 9.59 Å². The third kappa shape index (κ3) is 3.47. The number of amides is 1. The van der Waals surface area contributed by atoms with Gasteiger partial charge in [0.05, 0.1) is 16.1 Å². The summed E-state index contributed by atoms with van der Waals surface area (Å²) in [4.78, 5) is 29.3. The summed E-state index contributed by atoms with van der Waals surface area (Å²) in [6.45, 7) is 0. The molecule has 2 aromatic heterocycles. The Morgan fingerprint density at radius 1 is 1.15 bits per heavy atom. The zero-order valence-corrected chi connectivity index (χ0v) is 15.9. The Bertz CT molecular complexity index is 1230. The summed E-state index contributed by atoms with van der Waals surface area (Å²) in [5.41, 5.74) is 1.17. The van der Waals surface area contributed by atoms with Crippen molar-refractivity contribution in [3.05, 3.63) is 79.9 Å². The first-order valence-corrected chi connectivity index (χ1v) is 9.39. The molecule has 0 saturated carbocycles. The van der Waals surface area contributed by atoms with Crippen LogP contribution >= 0.6 is 34.5 Å². The highest BCUT2D eigenvalue weighted by molar-refractivity contribution is 7.14. The normalized spacial score (nSPS) is 10.9. The lowest BCUT2D eigenvalue weighted by molar-refractivity contribution is 0.102. The monoisotopic (exact) mass is 416 g/mol. The largest absolute Gasteiger partial charge is 0.463 e. The van der Waals surface area contributed by atoms with Gasteiger partial charge in [-0.2, -0.15) is 0 Å². The first-order valence-electron chi connectivity index (χ1n) is 7.76. The van der Waals surface area contributed by atoms with E-state index in [1.165, 1.54) is 11.3 Å². The zero-order chi connectivity index (χ0) is 19.0. The average molecular weight is 417 g/mol. The Morgan fingerprint density at radius 3 is 2.81 bits per heavy atom. The maximum atomic E-state index is 12.5. The minimum atomic E-state index is -0.590. The maximum Gasteiger partial charge on any atom is 0.264 e. The molecule has 1 amide bonds. The first-order chi connectivity index (χ1) is 13.0. The van der Waals surface area contributed by atoms with Crippen LogP contribution in [0.4, 0.5) is 5.13 Å². The summed E-state index contributed by atoms with van der Waals surface area (Å²) in [6.07, 6.45) is 1.16. The molecular weight excluding hydrogens is 407 g/mol. The van der Waals surface area contributed by atoms with Crippen LogP contribution in [0.15, 0.2) is 63.3 Å². The molecule has 2 heterocycles. The fourth-order valence-corrected chi connectivity index (χ4v) is 3.64. The van der Waals surface area contributed by atoms with Crippen molar-refractivity contribution in [1.29, 1.82) is 0 Å². The van der Waals surface area contributed by atoms with Gasteiger partial charge in [0.1, 0.15) is 17.4 Å². The highest BCUT2D eigenvalue weighted by Crippen LogP contribution is 2.32. The van der Waals surface area contributed by atoms with Crippen LogP contribution in [0.3, 0.4) is 0 Å². The number of nitrogens with one attached hydrogen (secondary N) is 1. The number of hydrogen-bond acceptors (Lipinski definition) is 5. The van der Waals surface area contributed by atoms with Crippen LogP contribution in [0.25, 0.3) is 22.2 Å². The van der Waals surface area contributed by atoms with Gasteiger partial charge in [0.25, 0.3) is 5.91 Å². The van der Waals surface area contributed by atoms with Crippen LogP contribution in [0.5, 0.6) is 0 Å². The standard InChI is InChI=1S/C19H10Cl2N2O3S/c20-10-5-6-14(21)12(7-10)15-9-27-19(22-15)23-18(25)13-8-26-16-4-2-1-3-11(16)17(13)24/h1-9H,(H,22,23,25). The van der Waals surface area contributed by atoms with Crippen LogP contribution in [0.2, 0.25) is 10.0 Å². The van der Waals surface area contributed by atoms with E-state index in [0.717, 1.165) is 6.26 Å². The number of para-hydroxylation sites is 1. The van der Waals surface area contributed by atoms with Gasteiger partial charge in [-0.25, -0.2) is 4.98 Å². The van der Waals surface area contributed by atoms with Gasteiger partial charge < -0.3 is 4.42 Å². The third-order valence-electron chi connectivity index (χ3n) is 3.85. The Balaban J connectivity index is 1.63. The van der Waals surface area contributed by atoms with E-state index in [-0.39, 0.29) is 5.56 Å². The average Bonchev–Trinajstić information content (AvgIpc) is 3.12. The number of fused-ring (bicyclic) bond motifs is 1. The van der Waals surface area contributed by atoms with Gasteiger partial charge >= 0.3 is 0 Å². The predicted molar refractivity (Wildman–Crippen MR) is 108 cm³/mol. The van der Waals surface area contributed by atoms with Crippen molar-refractivity contribution in [2.75, 3.05) is 5.32 Å². The molecule has 0 unspecified atom stereocenters. The van der Waals surface area contributed by atoms with Crippen LogP contribution in [0.1, 0.15) is 10.4 Å². The van der Waals surface area contributed by atoms with Gasteiger partial charge in [0, 0.05) is 16.0 Å². The summed E-state index contributed by atoms with van der Waals surface area (Å²) in [6, 6.07) is 11.8. The molecule has 2 aromatic carbocycles. The van der Waals surface area contributed by atoms with Crippen LogP contribution in [-0.2, 0) is 0 Å². The minimum absolute atomic E-state index is 0.0914. The SMILES string of the molecule is O=C(Nc1nc(-c2cc(Cl)ccc2Cl)cs1)c1coc2ccccc2c1=O. The third-order valence-corrected chi connectivity index (χ3v) is 5.18. The topological polar surface area (TPSA) is 72.2 Å². The Hall–Kier alpha value is -2.67. The Morgan fingerprint density at radius 2 is 1.96 bits per heavy atom. The van der Waals surface area contributed by atoms with Crippen molar-refractivity contribution in [3.8, 4) is 11.3 Å². The van der Waals surface area contributed by atoms with E-state index in [1.54, 1.807) is 47.8 Å². The van der Waals surface area contributed by atoms with Crippen LogP contribution < -0.4 is 10.7 Å². The molecule has 134 valence electrons. The summed E-state index contributed by atoms with van der Waals surface area (Å²) in [7, 11) is 0. The number of carbonyl (C=O) groups is 1. The number of anilines is 1. The highest BCUT2D eigenvalue weighted by Gasteiger charge is 2.16. The number of rotatable bonds is 3. The van der Waals surface area contributed by atoms with Gasteiger partial charge in [-0.3, -0.25) is 14.9 Å². The number of hydrogen-bond donors (Lipinski definition) is 1. The van der Waals surface area contributed by atoms with E-state index in [4.69, 9.17) is 27.6 Å². The van der Waals surface area contributed by atoms with E-state index < -0.39 is 11.3 Å². The molecule has 0 aliphatic rings. The number of halogens is 2. The lowest BCUT2D eigenvalue weighted by Gasteiger charge is -2.03. The Kier molecular flexibility index (Phi) is 4.70. The van der Waals surface area contributed by atoms with Crippen molar-refractivity contribution < 1.29 is 9.21 Å². The fraction of sp³-hybridized carbons (Fsp3) is 0. The number of carbonyl (C=O) groups excluding carboxylic acids is 1. The molecule has 8 heteroatoms. The van der Waals surface area contributed by atoms with E-state index >= 15 is 0 Å². The summed E-state index contributed by atoms with van der Waals surface area (Å²) >= 11 is 13.4. The number of nitrogens with zero attached hydrogens (tertiary/aromatic N) is 1. The Labute approximate surface area is 167 Å². The van der Waals surface area contributed by atoms with Crippen molar-refractivity contribution in [1.82, 2.24) is 4.98 Å². The number of benzene rings is 2. The van der Waals surface area contributed by atoms with Crippen LogP contribution in [-0.4, -0.2) is 10.9 Å². The van der Waals surface area contributed by atoms with Crippen molar-refractivity contribution >= 4 is 56.5 Å². The summed E-state index contributed by atoms with van der Waals surface area (Å²) < 4.78 is 5.38. The smallest absolute Gasteiger partial charge is 0.264 e. The molecule has 5 nitrogen and oxygen atoms in total. The minimum Gasteiger partial charge on any atom is -0.463 e. The molecule has 4 rings (SSSR count). The number of thiazole rings is 1. The molecule has 0 saturated heterocycles. The van der Waals surface area contributed by atoms with Gasteiger partial charge in [-0.15, -0.1) is 11.3 Å². The molecular formula is C19H10Cl2N2O3S. The molecule has 0 spiro atoms. The second-order valence-corrected chi connectivity index (χ2v) is 7.29. The summed E-state index contributed by atoms with van der Waals surface area (Å²) in [5, 5.41) is 6.07. The van der Waals surface area contributed by atoms with Crippen LogP contribution in [0, 0.1) is 0 Å². The second kappa shape index (κ2) is 7.15. The second-order valence-electron chi connectivity index (χ2n) is 5.59. The lowest BCUT2D eigenvalue weighted by atomic mass is 10.1. The molecule has 0 atom stereocenters. The molecule has 0 aliphatic carbocycles. The van der Waals surface area contributed by atoms with Crippen molar-refractivity contribution in [2.45, 2.75) is 0 Å². The number of aromatic nitrogens is 1.